The molecule has 0 bridgehead atoms. The predicted molar refractivity (Wildman–Crippen MR) is 108 cm³/mol. The number of nitriles is 1. The highest BCUT2D eigenvalue weighted by atomic mass is 32.4. The van der Waals surface area contributed by atoms with Crippen LogP contribution in [0.3, 0.4) is 0 Å². The molecule has 9 heteroatoms. The molecule has 0 aliphatic carbocycles. The lowest BCUT2D eigenvalue weighted by Gasteiger charge is -2.35. The fourth-order valence-electron chi connectivity index (χ4n) is 3.10. The van der Waals surface area contributed by atoms with Crippen molar-refractivity contribution in [2.75, 3.05) is 13.1 Å². The van der Waals surface area contributed by atoms with E-state index in [1.54, 1.807) is 16.8 Å². The van der Waals surface area contributed by atoms with Crippen LogP contribution >= 0.6 is 6.42 Å². The Balaban J connectivity index is 2.20. The Morgan fingerprint density at radius 1 is 1.30 bits per heavy atom. The van der Waals surface area contributed by atoms with E-state index >= 15 is 0 Å². The number of benzene rings is 1. The lowest BCUT2D eigenvalue weighted by atomic mass is 10.2. The molecule has 2 aromatic rings. The zero-order valence-electron chi connectivity index (χ0n) is 15.5. The number of rotatable bonds is 6. The SMILES string of the molecule is CCN(CC)[P@]1(=S)OC(c2ccc(F)cc2)=Nc2c1c(C)nn2CCC#N. The number of hydrogen-bond donors (Lipinski definition) is 0. The summed E-state index contributed by atoms with van der Waals surface area (Å²) in [6, 6.07) is 8.14. The van der Waals surface area contributed by atoms with Crippen LogP contribution in [0.1, 0.15) is 31.5 Å². The van der Waals surface area contributed by atoms with Crippen molar-refractivity contribution in [2.45, 2.75) is 33.7 Å². The highest BCUT2D eigenvalue weighted by molar-refractivity contribution is 8.15. The monoisotopic (exact) mass is 405 g/mol. The molecule has 142 valence electrons. The van der Waals surface area contributed by atoms with Crippen LogP contribution in [0.4, 0.5) is 10.2 Å². The smallest absolute Gasteiger partial charge is 0.227 e. The van der Waals surface area contributed by atoms with Crippen LogP contribution in [0.15, 0.2) is 29.3 Å². The molecule has 1 atom stereocenters. The summed E-state index contributed by atoms with van der Waals surface area (Å²) in [5, 5.41) is 14.4. The summed E-state index contributed by atoms with van der Waals surface area (Å²) in [4.78, 5) is 4.66. The van der Waals surface area contributed by atoms with Crippen molar-refractivity contribution < 1.29 is 8.91 Å². The van der Waals surface area contributed by atoms with Gasteiger partial charge >= 0.3 is 0 Å². The lowest BCUT2D eigenvalue weighted by Crippen LogP contribution is -2.32. The first-order chi connectivity index (χ1) is 12.9. The molecule has 6 nitrogen and oxygen atoms in total. The molecule has 0 saturated heterocycles. The van der Waals surface area contributed by atoms with Crippen molar-refractivity contribution in [3.8, 4) is 6.07 Å². The highest BCUT2D eigenvalue weighted by Crippen LogP contribution is 2.55. The number of fused-ring (bicyclic) bond motifs is 1. The third kappa shape index (κ3) is 3.55. The number of halogens is 1. The normalized spacial score (nSPS) is 18.6. The minimum atomic E-state index is -2.62. The van der Waals surface area contributed by atoms with Gasteiger partial charge in [0.25, 0.3) is 0 Å². The van der Waals surface area contributed by atoms with Gasteiger partial charge in [-0.3, -0.25) is 0 Å². The first kappa shape index (κ1) is 19.7. The molecule has 1 aliphatic rings. The van der Waals surface area contributed by atoms with E-state index in [1.165, 1.54) is 12.1 Å². The van der Waals surface area contributed by atoms with Crippen molar-refractivity contribution in [3.05, 3.63) is 41.3 Å². The van der Waals surface area contributed by atoms with Crippen LogP contribution in [0.5, 0.6) is 0 Å². The Labute approximate surface area is 163 Å². The molecule has 0 unspecified atom stereocenters. The fraction of sp³-hybridized carbons (Fsp3) is 0.389. The second-order valence-corrected chi connectivity index (χ2v) is 9.78. The van der Waals surface area contributed by atoms with E-state index < -0.39 is 6.42 Å². The number of aromatic nitrogens is 2. The summed E-state index contributed by atoms with van der Waals surface area (Å²) in [6.45, 7) is 7.87. The molecule has 1 aromatic carbocycles. The van der Waals surface area contributed by atoms with Gasteiger partial charge in [0.1, 0.15) is 11.1 Å². The van der Waals surface area contributed by atoms with E-state index in [1.807, 2.05) is 20.8 Å². The van der Waals surface area contributed by atoms with Gasteiger partial charge in [-0.15, -0.1) is 0 Å². The summed E-state index contributed by atoms with van der Waals surface area (Å²) in [7, 11) is 0. The first-order valence-electron chi connectivity index (χ1n) is 8.79. The molecule has 1 aliphatic heterocycles. The number of hydrogen-bond acceptors (Lipinski definition) is 5. The molecular weight excluding hydrogens is 384 g/mol. The third-order valence-corrected chi connectivity index (χ3v) is 8.68. The molecule has 0 fully saturated rings. The average molecular weight is 405 g/mol. The molecule has 0 amide bonds. The summed E-state index contributed by atoms with van der Waals surface area (Å²) >= 11 is 6.09. The minimum Gasteiger partial charge on any atom is -0.431 e. The molecule has 0 spiro atoms. The number of aliphatic imine (C=N–C) groups is 1. The van der Waals surface area contributed by atoms with Gasteiger partial charge in [-0.25, -0.2) is 13.7 Å². The maximum absolute atomic E-state index is 13.3. The van der Waals surface area contributed by atoms with Crippen molar-refractivity contribution in [1.82, 2.24) is 14.5 Å². The van der Waals surface area contributed by atoms with Crippen LogP contribution in [0, 0.1) is 24.1 Å². The molecular formula is C18H21FN5OPS. The van der Waals surface area contributed by atoms with Crippen LogP contribution in [-0.4, -0.2) is 33.4 Å². The molecule has 0 saturated carbocycles. The van der Waals surface area contributed by atoms with E-state index in [4.69, 9.17) is 21.6 Å². The fourth-order valence-corrected chi connectivity index (χ4v) is 7.13. The van der Waals surface area contributed by atoms with Gasteiger partial charge in [0.15, 0.2) is 5.82 Å². The van der Waals surface area contributed by atoms with Gasteiger partial charge in [0.2, 0.25) is 12.3 Å². The maximum Gasteiger partial charge on any atom is 0.227 e. The van der Waals surface area contributed by atoms with Gasteiger partial charge in [0.05, 0.1) is 24.7 Å². The van der Waals surface area contributed by atoms with E-state index in [9.17, 15) is 4.39 Å². The van der Waals surface area contributed by atoms with Crippen molar-refractivity contribution in [1.29, 1.82) is 5.26 Å². The van der Waals surface area contributed by atoms with Crippen molar-refractivity contribution in [2.24, 2.45) is 4.99 Å². The van der Waals surface area contributed by atoms with Crippen LogP contribution in [-0.2, 0) is 22.9 Å². The summed E-state index contributed by atoms with van der Waals surface area (Å²) in [5.41, 5.74) is 1.44. The summed E-state index contributed by atoms with van der Waals surface area (Å²) < 4.78 is 23.5. The van der Waals surface area contributed by atoms with E-state index in [2.05, 4.69) is 20.8 Å². The molecule has 3 rings (SSSR count). The third-order valence-electron chi connectivity index (χ3n) is 4.40. The zero-order valence-corrected chi connectivity index (χ0v) is 17.2. The Hall–Kier alpha value is -2.07. The zero-order chi connectivity index (χ0) is 19.6. The Morgan fingerprint density at radius 2 is 1.96 bits per heavy atom. The Bertz CT molecular complexity index is 959. The van der Waals surface area contributed by atoms with Crippen molar-refractivity contribution >= 4 is 35.2 Å². The number of aryl methyl sites for hydroxylation is 2. The summed E-state index contributed by atoms with van der Waals surface area (Å²) in [5.74, 6) is 0.688. The second-order valence-electron chi connectivity index (χ2n) is 6.06. The van der Waals surface area contributed by atoms with Crippen LogP contribution in [0.2, 0.25) is 0 Å². The summed E-state index contributed by atoms with van der Waals surface area (Å²) in [6.07, 6.45) is -2.30. The molecule has 27 heavy (non-hydrogen) atoms. The first-order valence-corrected chi connectivity index (χ1v) is 11.5. The number of nitrogens with zero attached hydrogens (tertiary/aromatic N) is 5. The quantitative estimate of drug-likeness (QED) is 0.687. The Morgan fingerprint density at radius 3 is 2.56 bits per heavy atom. The van der Waals surface area contributed by atoms with E-state index in [0.29, 0.717) is 30.2 Å². The van der Waals surface area contributed by atoms with Gasteiger partial charge in [-0.1, -0.05) is 13.8 Å². The molecule has 2 heterocycles. The van der Waals surface area contributed by atoms with Gasteiger partial charge in [0, 0.05) is 18.7 Å². The molecule has 0 radical (unpaired) electrons. The minimum absolute atomic E-state index is 0.323. The van der Waals surface area contributed by atoms with E-state index in [0.717, 1.165) is 24.1 Å². The van der Waals surface area contributed by atoms with Crippen molar-refractivity contribution in [3.63, 3.8) is 0 Å². The average Bonchev–Trinajstić information content (AvgIpc) is 2.98. The van der Waals surface area contributed by atoms with E-state index in [-0.39, 0.29) is 5.82 Å². The molecule has 1 aromatic heterocycles. The van der Waals surface area contributed by atoms with Gasteiger partial charge in [-0.05, 0) is 43.0 Å². The van der Waals surface area contributed by atoms with Crippen LogP contribution in [0.25, 0.3) is 0 Å². The van der Waals surface area contributed by atoms with Gasteiger partial charge < -0.3 is 4.52 Å². The molecule has 0 N–H and O–H groups in total. The largest absolute Gasteiger partial charge is 0.431 e. The van der Waals surface area contributed by atoms with Crippen LogP contribution < -0.4 is 5.30 Å². The predicted octanol–water partition coefficient (Wildman–Crippen LogP) is 3.63. The standard InChI is InChI=1S/C18H21FN5OPS/c1-4-23(5-2)26(27)16-13(3)22-24(12-6-11-20)17(16)21-18(25-26)14-7-9-15(19)10-8-14/h7-10H,4-6,12H2,1-3H3/t26-/m0/s1. The Kier molecular flexibility index (Phi) is 5.75. The lowest BCUT2D eigenvalue weighted by molar-refractivity contribution is 0.447. The van der Waals surface area contributed by atoms with Gasteiger partial charge in [-0.2, -0.15) is 15.4 Å². The topological polar surface area (TPSA) is 66.4 Å². The maximum atomic E-state index is 13.3. The second kappa shape index (κ2) is 7.89. The highest BCUT2D eigenvalue weighted by Gasteiger charge is 2.40.